The fraction of sp³-hybridized carbons (Fsp3) is 0.250. The minimum Gasteiger partial charge on any atom is -0.545 e. The molecule has 0 aliphatic heterocycles. The molecule has 0 saturated heterocycles. The van der Waals surface area contributed by atoms with Crippen molar-refractivity contribution >= 4 is 5.97 Å². The second-order valence-corrected chi connectivity index (χ2v) is 1.26. The zero-order chi connectivity index (χ0) is 7.65. The molecule has 0 unspecified atom stereocenters. The van der Waals surface area contributed by atoms with E-state index in [1.165, 1.54) is 0 Å². The maximum atomic E-state index is 11.2. The first-order valence-corrected chi connectivity index (χ1v) is 1.83. The number of aliphatic carboxylic acids is 1. The Balaban J connectivity index is 0. The molecule has 0 spiro atoms. The minimum absolute atomic E-state index is 0. The summed E-state index contributed by atoms with van der Waals surface area (Å²) in [7, 11) is 0. The van der Waals surface area contributed by atoms with Crippen LogP contribution in [0.2, 0.25) is 0 Å². The zero-order valence-corrected chi connectivity index (χ0v) is 7.16. The molecule has 0 N–H and O–H groups in total. The van der Waals surface area contributed by atoms with Gasteiger partial charge in [0.25, 0.3) is 0 Å². The molecule has 0 bridgehead atoms. The third-order valence-electron chi connectivity index (χ3n) is 0.589. The van der Waals surface area contributed by atoms with Gasteiger partial charge in [-0.2, -0.15) is 13.2 Å². The van der Waals surface area contributed by atoms with Gasteiger partial charge < -0.3 is 9.90 Å². The summed E-state index contributed by atoms with van der Waals surface area (Å²) in [6.07, 6.45) is -4.88. The summed E-state index contributed by atoms with van der Waals surface area (Å²) in [5.41, 5.74) is -1.86. The van der Waals surface area contributed by atoms with Crippen molar-refractivity contribution in [2.75, 3.05) is 0 Å². The number of hydrogen-bond donors (Lipinski definition) is 0. The van der Waals surface area contributed by atoms with Gasteiger partial charge in [0.05, 0.1) is 11.5 Å². The van der Waals surface area contributed by atoms with E-state index in [4.69, 9.17) is 0 Å². The Morgan fingerprint density at radius 3 is 1.70 bits per heavy atom. The minimum atomic E-state index is -4.88. The standard InChI is InChI=1S/C4H3F3O2.Na/c1-2(3(8)9)4(5,6)7;/h1H2,(H,8,9);/q;+1/p-1. The quantitative estimate of drug-likeness (QED) is 0.302. The van der Waals surface area contributed by atoms with Crippen molar-refractivity contribution in [1.82, 2.24) is 0 Å². The van der Waals surface area contributed by atoms with E-state index in [1.807, 2.05) is 0 Å². The van der Waals surface area contributed by atoms with Gasteiger partial charge in [-0.1, -0.05) is 6.58 Å². The number of rotatable bonds is 1. The van der Waals surface area contributed by atoms with Crippen LogP contribution in [0.5, 0.6) is 0 Å². The smallest absolute Gasteiger partial charge is 0.545 e. The molecule has 0 atom stereocenters. The molecule has 0 aromatic heterocycles. The van der Waals surface area contributed by atoms with Gasteiger partial charge in [0.15, 0.2) is 0 Å². The zero-order valence-electron chi connectivity index (χ0n) is 5.16. The Bertz CT molecular complexity index is 151. The van der Waals surface area contributed by atoms with E-state index >= 15 is 0 Å². The first kappa shape index (κ1) is 12.7. The Morgan fingerprint density at radius 2 is 1.70 bits per heavy atom. The van der Waals surface area contributed by atoms with Crippen molar-refractivity contribution in [3.63, 3.8) is 0 Å². The van der Waals surface area contributed by atoms with E-state index in [2.05, 4.69) is 6.58 Å². The number of carboxylic acid groups (broad SMARTS) is 1. The van der Waals surface area contributed by atoms with Gasteiger partial charge in [0.2, 0.25) is 0 Å². The molecule has 0 rings (SSSR count). The van der Waals surface area contributed by atoms with Crippen molar-refractivity contribution in [2.45, 2.75) is 6.18 Å². The van der Waals surface area contributed by atoms with E-state index in [-0.39, 0.29) is 29.6 Å². The second-order valence-electron chi connectivity index (χ2n) is 1.26. The summed E-state index contributed by atoms with van der Waals surface area (Å²) in [5, 5.41) is 9.42. The Kier molecular flexibility index (Phi) is 5.06. The van der Waals surface area contributed by atoms with Gasteiger partial charge in [0.1, 0.15) is 0 Å². The van der Waals surface area contributed by atoms with Crippen LogP contribution in [0.4, 0.5) is 13.2 Å². The molecule has 0 aromatic rings. The number of alkyl halides is 3. The molecule has 2 nitrogen and oxygen atoms in total. The van der Waals surface area contributed by atoms with Crippen LogP contribution >= 0.6 is 0 Å². The van der Waals surface area contributed by atoms with Crippen molar-refractivity contribution in [3.05, 3.63) is 12.2 Å². The van der Waals surface area contributed by atoms with Crippen molar-refractivity contribution in [1.29, 1.82) is 0 Å². The molecule has 0 fully saturated rings. The molecule has 52 valence electrons. The van der Waals surface area contributed by atoms with Crippen LogP contribution in [0, 0.1) is 0 Å². The monoisotopic (exact) mass is 162 g/mol. The van der Waals surface area contributed by atoms with Gasteiger partial charge in [-0.05, 0) is 0 Å². The number of carboxylic acids is 1. The van der Waals surface area contributed by atoms with Crippen LogP contribution in [0.3, 0.4) is 0 Å². The van der Waals surface area contributed by atoms with Crippen molar-refractivity contribution in [2.24, 2.45) is 0 Å². The molecule has 6 heteroatoms. The molecular formula is C4H2F3NaO2. The van der Waals surface area contributed by atoms with Gasteiger partial charge in [-0.25, -0.2) is 0 Å². The van der Waals surface area contributed by atoms with Gasteiger partial charge in [0, 0.05) is 0 Å². The van der Waals surface area contributed by atoms with Crippen molar-refractivity contribution in [3.8, 4) is 0 Å². The molecule has 0 amide bonds. The summed E-state index contributed by atoms with van der Waals surface area (Å²) in [4.78, 5) is 9.42. The number of carbonyl (C=O) groups excluding carboxylic acids is 1. The predicted molar refractivity (Wildman–Crippen MR) is 20.2 cm³/mol. The van der Waals surface area contributed by atoms with Gasteiger partial charge in [-0.3, -0.25) is 0 Å². The van der Waals surface area contributed by atoms with Crippen LogP contribution in [-0.2, 0) is 4.79 Å². The number of carbonyl (C=O) groups is 1. The summed E-state index contributed by atoms with van der Waals surface area (Å²) >= 11 is 0. The van der Waals surface area contributed by atoms with Crippen LogP contribution in [0.25, 0.3) is 0 Å². The summed E-state index contributed by atoms with van der Waals surface area (Å²) in [6.45, 7) is 2.24. The molecular weight excluding hydrogens is 160 g/mol. The third kappa shape index (κ3) is 3.92. The second kappa shape index (κ2) is 4.00. The van der Waals surface area contributed by atoms with Gasteiger partial charge >= 0.3 is 35.7 Å². The fourth-order valence-corrected chi connectivity index (χ4v) is 0.116. The van der Waals surface area contributed by atoms with E-state index in [9.17, 15) is 23.1 Å². The molecule has 10 heavy (non-hydrogen) atoms. The molecule has 0 radical (unpaired) electrons. The molecule has 0 saturated carbocycles. The largest absolute Gasteiger partial charge is 1.00 e. The number of hydrogen-bond acceptors (Lipinski definition) is 2. The molecule has 0 aliphatic rings. The van der Waals surface area contributed by atoms with Crippen LogP contribution < -0.4 is 34.7 Å². The maximum Gasteiger partial charge on any atom is 1.00 e. The van der Waals surface area contributed by atoms with Crippen LogP contribution in [-0.4, -0.2) is 12.1 Å². The van der Waals surface area contributed by atoms with E-state index < -0.39 is 17.7 Å². The van der Waals surface area contributed by atoms with E-state index in [0.29, 0.717) is 0 Å². The molecule has 0 aliphatic carbocycles. The van der Waals surface area contributed by atoms with Crippen LogP contribution in [0.1, 0.15) is 0 Å². The SMILES string of the molecule is C=C(C(=O)[O-])C(F)(F)F.[Na+]. The average Bonchev–Trinajstić information content (AvgIpc) is 1.62. The molecule has 0 heterocycles. The van der Waals surface area contributed by atoms with E-state index in [0.717, 1.165) is 0 Å². The normalized spacial score (nSPS) is 9.90. The van der Waals surface area contributed by atoms with Crippen LogP contribution in [0.15, 0.2) is 12.2 Å². The maximum absolute atomic E-state index is 11.2. The summed E-state index contributed by atoms with van der Waals surface area (Å²) < 4.78 is 33.5. The predicted octanol–water partition coefficient (Wildman–Crippen LogP) is -3.14. The average molecular weight is 162 g/mol. The Hall–Kier alpha value is -0.000000000000000222. The Morgan fingerprint density at radius 1 is 1.40 bits per heavy atom. The van der Waals surface area contributed by atoms with E-state index in [1.54, 1.807) is 0 Å². The van der Waals surface area contributed by atoms with Gasteiger partial charge in [-0.15, -0.1) is 0 Å². The van der Waals surface area contributed by atoms with Crippen molar-refractivity contribution < 1.29 is 52.6 Å². The first-order chi connectivity index (χ1) is 3.85. The topological polar surface area (TPSA) is 40.1 Å². The first-order valence-electron chi connectivity index (χ1n) is 1.83. The number of halogens is 3. The summed E-state index contributed by atoms with van der Waals surface area (Å²) in [5.74, 6) is -2.29. The molecule has 0 aromatic carbocycles. The summed E-state index contributed by atoms with van der Waals surface area (Å²) in [6, 6.07) is 0. The Labute approximate surface area is 77.0 Å². The third-order valence-corrected chi connectivity index (χ3v) is 0.589. The fourth-order valence-electron chi connectivity index (χ4n) is 0.116.